The van der Waals surface area contributed by atoms with Crippen molar-refractivity contribution < 1.29 is 9.59 Å². The molecule has 0 spiro atoms. The van der Waals surface area contributed by atoms with Crippen molar-refractivity contribution in [2.75, 3.05) is 5.32 Å². The van der Waals surface area contributed by atoms with Crippen LogP contribution in [0, 0.1) is 5.92 Å². The predicted octanol–water partition coefficient (Wildman–Crippen LogP) is 2.36. The Morgan fingerprint density at radius 2 is 2.11 bits per heavy atom. The number of halogens is 1. The summed E-state index contributed by atoms with van der Waals surface area (Å²) in [5.74, 6) is -0.331. The van der Waals surface area contributed by atoms with Crippen molar-refractivity contribution in [2.45, 2.75) is 26.3 Å². The zero-order valence-electron chi connectivity index (χ0n) is 10.9. The van der Waals surface area contributed by atoms with E-state index in [0.29, 0.717) is 10.7 Å². The minimum atomic E-state index is -0.716. The van der Waals surface area contributed by atoms with Crippen LogP contribution < -0.4 is 16.4 Å². The molecule has 1 aromatic rings. The summed E-state index contributed by atoms with van der Waals surface area (Å²) in [6.45, 7) is 3.81. The highest BCUT2D eigenvalue weighted by Gasteiger charge is 2.25. The second kappa shape index (κ2) is 6.99. The molecule has 1 aromatic carbocycles. The first-order valence-electron chi connectivity index (χ1n) is 6.06. The Hall–Kier alpha value is -1.75. The van der Waals surface area contributed by atoms with Crippen LogP contribution in [0.3, 0.4) is 0 Å². The number of urea groups is 1. The molecule has 104 valence electrons. The van der Waals surface area contributed by atoms with Gasteiger partial charge in [-0.25, -0.2) is 4.79 Å². The van der Waals surface area contributed by atoms with Gasteiger partial charge in [-0.1, -0.05) is 37.9 Å². The fraction of sp³-hybridized carbons (Fsp3) is 0.385. The van der Waals surface area contributed by atoms with Gasteiger partial charge in [0, 0.05) is 10.7 Å². The van der Waals surface area contributed by atoms with E-state index in [0.717, 1.165) is 6.42 Å². The maximum Gasteiger partial charge on any atom is 0.312 e. The molecule has 0 saturated carbocycles. The smallest absolute Gasteiger partial charge is 0.312 e. The molecule has 0 unspecified atom stereocenters. The number of anilines is 1. The molecule has 0 aliphatic rings. The molecule has 6 heteroatoms. The number of benzene rings is 1. The number of hydrogen-bond donors (Lipinski definition) is 3. The summed E-state index contributed by atoms with van der Waals surface area (Å²) >= 11 is 5.84. The van der Waals surface area contributed by atoms with E-state index in [-0.39, 0.29) is 11.8 Å². The Morgan fingerprint density at radius 1 is 1.42 bits per heavy atom. The molecule has 0 fully saturated rings. The highest BCUT2D eigenvalue weighted by atomic mass is 35.5. The van der Waals surface area contributed by atoms with E-state index in [2.05, 4.69) is 10.6 Å². The topological polar surface area (TPSA) is 84.2 Å². The fourth-order valence-electron chi connectivity index (χ4n) is 1.64. The molecule has 0 radical (unpaired) electrons. The third-order valence-corrected chi connectivity index (χ3v) is 3.12. The molecular formula is C13H18ClN3O2. The lowest BCUT2D eigenvalue weighted by Gasteiger charge is -2.22. The van der Waals surface area contributed by atoms with Gasteiger partial charge in [-0.15, -0.1) is 0 Å². The minimum absolute atomic E-state index is 0.0216. The number of carbonyl (C=O) groups is 2. The summed E-state index contributed by atoms with van der Waals surface area (Å²) < 4.78 is 0. The van der Waals surface area contributed by atoms with Gasteiger partial charge >= 0.3 is 6.03 Å². The van der Waals surface area contributed by atoms with Crippen LogP contribution in [-0.2, 0) is 4.79 Å². The Morgan fingerprint density at radius 3 is 2.63 bits per heavy atom. The fourth-order valence-corrected chi connectivity index (χ4v) is 1.83. The highest BCUT2D eigenvalue weighted by Crippen LogP contribution is 2.16. The monoisotopic (exact) mass is 283 g/mol. The van der Waals surface area contributed by atoms with Gasteiger partial charge in [0.2, 0.25) is 5.91 Å². The average Bonchev–Trinajstić information content (AvgIpc) is 2.34. The van der Waals surface area contributed by atoms with Gasteiger partial charge in [0.25, 0.3) is 0 Å². The van der Waals surface area contributed by atoms with Gasteiger partial charge in [0.1, 0.15) is 6.04 Å². The number of primary amides is 1. The molecular weight excluding hydrogens is 266 g/mol. The van der Waals surface area contributed by atoms with Crippen LogP contribution in [0.5, 0.6) is 0 Å². The first kappa shape index (κ1) is 15.3. The van der Waals surface area contributed by atoms with E-state index < -0.39 is 12.1 Å². The predicted molar refractivity (Wildman–Crippen MR) is 76.0 cm³/mol. The van der Waals surface area contributed by atoms with Crippen molar-refractivity contribution in [3.63, 3.8) is 0 Å². The number of carbonyl (C=O) groups excluding carboxylic acids is 2. The van der Waals surface area contributed by atoms with Crippen molar-refractivity contribution in [2.24, 2.45) is 11.7 Å². The van der Waals surface area contributed by atoms with Crippen LogP contribution in [0.1, 0.15) is 20.3 Å². The van der Waals surface area contributed by atoms with Gasteiger partial charge < -0.3 is 16.4 Å². The molecule has 0 aliphatic carbocycles. The van der Waals surface area contributed by atoms with E-state index in [1.807, 2.05) is 13.8 Å². The quantitative estimate of drug-likeness (QED) is 0.775. The molecule has 0 aromatic heterocycles. The molecule has 1 rings (SSSR count). The van der Waals surface area contributed by atoms with Crippen molar-refractivity contribution >= 4 is 29.2 Å². The number of hydrogen-bond acceptors (Lipinski definition) is 2. The summed E-state index contributed by atoms with van der Waals surface area (Å²) in [6.07, 6.45) is 0.744. The Kier molecular flexibility index (Phi) is 5.63. The van der Waals surface area contributed by atoms with Gasteiger partial charge in [0.05, 0.1) is 0 Å². The second-order valence-electron chi connectivity index (χ2n) is 4.37. The van der Waals surface area contributed by atoms with Crippen LogP contribution in [-0.4, -0.2) is 18.0 Å². The molecule has 19 heavy (non-hydrogen) atoms. The van der Waals surface area contributed by atoms with Crippen molar-refractivity contribution in [3.8, 4) is 0 Å². The Bertz CT molecular complexity index is 465. The van der Waals surface area contributed by atoms with Crippen LogP contribution >= 0.6 is 11.6 Å². The summed E-state index contributed by atoms with van der Waals surface area (Å²) in [4.78, 5) is 23.1. The maximum absolute atomic E-state index is 12.1. The summed E-state index contributed by atoms with van der Waals surface area (Å²) in [5, 5.41) is 5.70. The van der Waals surface area contributed by atoms with E-state index in [1.165, 1.54) is 0 Å². The van der Waals surface area contributed by atoms with Gasteiger partial charge in [-0.2, -0.15) is 0 Å². The zero-order chi connectivity index (χ0) is 14.4. The third kappa shape index (κ3) is 4.79. The average molecular weight is 284 g/mol. The molecule has 3 amide bonds. The minimum Gasteiger partial charge on any atom is -0.352 e. The van der Waals surface area contributed by atoms with Crippen LogP contribution in [0.25, 0.3) is 0 Å². The number of nitrogens with one attached hydrogen (secondary N) is 2. The van der Waals surface area contributed by atoms with Crippen molar-refractivity contribution in [1.29, 1.82) is 0 Å². The molecule has 0 saturated heterocycles. The standard InChI is InChI=1S/C13H18ClN3O2/c1-3-8(2)11(17-13(15)19)12(18)16-10-6-4-5-9(14)7-10/h4-8,11H,3H2,1-2H3,(H,16,18)(H3,15,17,19)/t8-,11+/m0/s1. The van der Waals surface area contributed by atoms with Crippen LogP contribution in [0.4, 0.5) is 10.5 Å². The maximum atomic E-state index is 12.1. The van der Waals surface area contributed by atoms with Crippen molar-refractivity contribution in [1.82, 2.24) is 5.32 Å². The first-order chi connectivity index (χ1) is 8.93. The van der Waals surface area contributed by atoms with Crippen molar-refractivity contribution in [3.05, 3.63) is 29.3 Å². The lowest BCUT2D eigenvalue weighted by molar-refractivity contribution is -0.119. The molecule has 4 N–H and O–H groups in total. The molecule has 0 heterocycles. The summed E-state index contributed by atoms with van der Waals surface area (Å²) in [6, 6.07) is 5.43. The summed E-state index contributed by atoms with van der Waals surface area (Å²) in [5.41, 5.74) is 5.67. The van der Waals surface area contributed by atoms with E-state index in [4.69, 9.17) is 17.3 Å². The Balaban J connectivity index is 2.79. The number of rotatable bonds is 5. The molecule has 0 aliphatic heterocycles. The number of nitrogens with two attached hydrogens (primary N) is 1. The van der Waals surface area contributed by atoms with E-state index >= 15 is 0 Å². The SMILES string of the molecule is CC[C@H](C)[C@@H](NC(N)=O)C(=O)Nc1cccc(Cl)c1. The lowest BCUT2D eigenvalue weighted by atomic mass is 9.98. The number of amides is 3. The zero-order valence-corrected chi connectivity index (χ0v) is 11.7. The van der Waals surface area contributed by atoms with Gasteiger partial charge in [-0.3, -0.25) is 4.79 Å². The third-order valence-electron chi connectivity index (χ3n) is 2.89. The highest BCUT2D eigenvalue weighted by molar-refractivity contribution is 6.30. The van der Waals surface area contributed by atoms with E-state index in [1.54, 1.807) is 24.3 Å². The van der Waals surface area contributed by atoms with Gasteiger partial charge in [-0.05, 0) is 24.1 Å². The molecule has 5 nitrogen and oxygen atoms in total. The Labute approximate surface area is 117 Å². The van der Waals surface area contributed by atoms with Crippen LogP contribution in [0.15, 0.2) is 24.3 Å². The normalized spacial score (nSPS) is 13.4. The molecule has 0 bridgehead atoms. The largest absolute Gasteiger partial charge is 0.352 e. The first-order valence-corrected chi connectivity index (χ1v) is 6.44. The van der Waals surface area contributed by atoms with Crippen LogP contribution in [0.2, 0.25) is 5.02 Å². The molecule has 2 atom stereocenters. The second-order valence-corrected chi connectivity index (χ2v) is 4.81. The van der Waals surface area contributed by atoms with Gasteiger partial charge in [0.15, 0.2) is 0 Å². The summed E-state index contributed by atoms with van der Waals surface area (Å²) in [7, 11) is 0. The lowest BCUT2D eigenvalue weighted by Crippen LogP contribution is -2.49. The van der Waals surface area contributed by atoms with E-state index in [9.17, 15) is 9.59 Å².